The molecule has 220 valence electrons. The Morgan fingerprint density at radius 3 is 2.79 bits per heavy atom. The Morgan fingerprint density at radius 2 is 2.07 bits per heavy atom. The zero-order chi connectivity index (χ0) is 29.3. The first-order chi connectivity index (χ1) is 20.2. The summed E-state index contributed by atoms with van der Waals surface area (Å²) < 4.78 is 52.7. The fourth-order valence-electron chi connectivity index (χ4n) is 5.42. The van der Waals surface area contributed by atoms with E-state index < -0.39 is 17.7 Å². The second kappa shape index (κ2) is 11.7. The van der Waals surface area contributed by atoms with Gasteiger partial charge in [-0.3, -0.25) is 4.90 Å². The SMILES string of the molecule is O=C(O)c1ccc2nc(CN3CC=C([C@@H]4C=CC=C(OCc5cccc(C(F)(F)F)c5)N4)CC3)n(CC3CCO3)c2c1. The summed E-state index contributed by atoms with van der Waals surface area (Å²) in [6.45, 7) is 3.55. The van der Waals surface area contributed by atoms with Gasteiger partial charge in [0.25, 0.3) is 0 Å². The monoisotopic (exact) mass is 580 g/mol. The van der Waals surface area contributed by atoms with Crippen LogP contribution in [-0.4, -0.2) is 57.4 Å². The summed E-state index contributed by atoms with van der Waals surface area (Å²) >= 11 is 0. The Labute approximate surface area is 240 Å². The Kier molecular flexibility index (Phi) is 7.78. The van der Waals surface area contributed by atoms with Crippen molar-refractivity contribution in [2.45, 2.75) is 50.9 Å². The minimum absolute atomic E-state index is 0.0248. The van der Waals surface area contributed by atoms with Crippen LogP contribution in [0.3, 0.4) is 0 Å². The van der Waals surface area contributed by atoms with Crippen molar-refractivity contribution in [3.05, 3.63) is 101 Å². The molecule has 2 atom stereocenters. The second-order valence-corrected chi connectivity index (χ2v) is 10.7. The van der Waals surface area contributed by atoms with Crippen molar-refractivity contribution in [3.8, 4) is 0 Å². The molecule has 3 aliphatic heterocycles. The molecule has 2 N–H and O–H groups in total. The lowest BCUT2D eigenvalue weighted by Gasteiger charge is -2.31. The lowest BCUT2D eigenvalue weighted by atomic mass is 9.98. The Hall–Kier alpha value is -4.09. The molecular weight excluding hydrogens is 549 g/mol. The number of halogens is 3. The van der Waals surface area contributed by atoms with Gasteiger partial charge in [-0.1, -0.05) is 30.4 Å². The molecule has 6 rings (SSSR count). The summed E-state index contributed by atoms with van der Waals surface area (Å²) in [7, 11) is 0. The van der Waals surface area contributed by atoms with E-state index in [1.165, 1.54) is 11.6 Å². The highest BCUT2D eigenvalue weighted by atomic mass is 19.4. The van der Waals surface area contributed by atoms with Crippen LogP contribution < -0.4 is 5.32 Å². The highest BCUT2D eigenvalue weighted by Gasteiger charge is 2.30. The van der Waals surface area contributed by atoms with Crippen LogP contribution in [0.4, 0.5) is 13.2 Å². The molecule has 0 radical (unpaired) electrons. The van der Waals surface area contributed by atoms with Gasteiger partial charge in [0.15, 0.2) is 5.88 Å². The van der Waals surface area contributed by atoms with E-state index in [-0.39, 0.29) is 24.3 Å². The highest BCUT2D eigenvalue weighted by Crippen LogP contribution is 2.30. The number of fused-ring (bicyclic) bond motifs is 1. The van der Waals surface area contributed by atoms with Crippen molar-refractivity contribution < 1.29 is 32.5 Å². The minimum atomic E-state index is -4.39. The maximum Gasteiger partial charge on any atom is 0.416 e. The van der Waals surface area contributed by atoms with Crippen LogP contribution in [0.15, 0.2) is 78.2 Å². The number of rotatable bonds is 9. The van der Waals surface area contributed by atoms with Crippen LogP contribution in [-0.2, 0) is 35.3 Å². The molecule has 0 bridgehead atoms. The van der Waals surface area contributed by atoms with Crippen molar-refractivity contribution in [2.75, 3.05) is 19.7 Å². The molecule has 0 saturated carbocycles. The number of nitrogens with zero attached hydrogens (tertiary/aromatic N) is 3. The van der Waals surface area contributed by atoms with Crippen molar-refractivity contribution >= 4 is 17.0 Å². The van der Waals surface area contributed by atoms with Gasteiger partial charge in [0.1, 0.15) is 12.4 Å². The molecule has 2 aromatic carbocycles. The van der Waals surface area contributed by atoms with Crippen molar-refractivity contribution in [2.24, 2.45) is 0 Å². The van der Waals surface area contributed by atoms with Crippen molar-refractivity contribution in [1.29, 1.82) is 0 Å². The number of hydrogen-bond donors (Lipinski definition) is 2. The van der Waals surface area contributed by atoms with Gasteiger partial charge in [-0.2, -0.15) is 13.2 Å². The van der Waals surface area contributed by atoms with Crippen LogP contribution in [0.1, 0.15) is 40.2 Å². The van der Waals surface area contributed by atoms with Crippen LogP contribution in [0, 0.1) is 0 Å². The number of hydrogen-bond acceptors (Lipinski definition) is 6. The molecule has 42 heavy (non-hydrogen) atoms. The molecule has 3 aromatic rings. The number of carboxylic acid groups (broad SMARTS) is 1. The van der Waals surface area contributed by atoms with E-state index in [4.69, 9.17) is 14.5 Å². The van der Waals surface area contributed by atoms with Gasteiger partial charge in [-0.25, -0.2) is 9.78 Å². The summed E-state index contributed by atoms with van der Waals surface area (Å²) in [5.74, 6) is 0.420. The van der Waals surface area contributed by atoms with E-state index in [0.29, 0.717) is 24.5 Å². The zero-order valence-corrected chi connectivity index (χ0v) is 22.8. The fraction of sp³-hybridized carbons (Fsp3) is 0.355. The summed E-state index contributed by atoms with van der Waals surface area (Å²) in [4.78, 5) is 18.7. The van der Waals surface area contributed by atoms with Gasteiger partial charge in [0, 0.05) is 19.7 Å². The van der Waals surface area contributed by atoms with Crippen molar-refractivity contribution in [1.82, 2.24) is 19.8 Å². The molecule has 1 unspecified atom stereocenters. The molecule has 1 fully saturated rings. The fourth-order valence-corrected chi connectivity index (χ4v) is 5.42. The Morgan fingerprint density at radius 1 is 1.21 bits per heavy atom. The summed E-state index contributed by atoms with van der Waals surface area (Å²) in [6, 6.07) is 10.1. The molecule has 4 heterocycles. The van der Waals surface area contributed by atoms with Gasteiger partial charge in [0.2, 0.25) is 0 Å². The number of benzene rings is 2. The highest BCUT2D eigenvalue weighted by molar-refractivity contribution is 5.92. The normalized spacial score (nSPS) is 20.9. The third-order valence-electron chi connectivity index (χ3n) is 7.84. The number of imidazole rings is 1. The minimum Gasteiger partial charge on any atom is -0.478 e. The molecular formula is C31H31F3N4O4. The summed E-state index contributed by atoms with van der Waals surface area (Å²) in [5.41, 5.74) is 2.76. The third-order valence-corrected chi connectivity index (χ3v) is 7.84. The summed E-state index contributed by atoms with van der Waals surface area (Å²) in [6.07, 6.45) is 5.38. The van der Waals surface area contributed by atoms with Gasteiger partial charge >= 0.3 is 12.1 Å². The van der Waals surface area contributed by atoms with Gasteiger partial charge in [-0.05, 0) is 60.4 Å². The number of carboxylic acids is 1. The number of carbonyl (C=O) groups is 1. The van der Waals surface area contributed by atoms with E-state index in [1.807, 2.05) is 12.2 Å². The molecule has 8 nitrogen and oxygen atoms in total. The van der Waals surface area contributed by atoms with E-state index in [0.717, 1.165) is 61.5 Å². The standard InChI is InChI=1S/C31H31F3N4O4/c32-31(33,34)23-4-1-3-20(15-23)19-42-29-6-2-5-25(36-29)21-9-12-37(13-10-21)18-28-35-26-8-7-22(30(39)40)16-27(26)38(28)17-24-11-14-41-24/h1-9,15-16,24-25,36H,10-14,17-19H2,(H,39,40)/t24?,25-/m0/s1. The van der Waals surface area contributed by atoms with E-state index in [2.05, 4.69) is 20.9 Å². The molecule has 1 saturated heterocycles. The maximum absolute atomic E-state index is 13.0. The predicted molar refractivity (Wildman–Crippen MR) is 149 cm³/mol. The second-order valence-electron chi connectivity index (χ2n) is 10.7. The first-order valence-corrected chi connectivity index (χ1v) is 13.9. The molecule has 0 spiro atoms. The molecule has 1 aromatic heterocycles. The molecule has 11 heteroatoms. The average molecular weight is 581 g/mol. The molecule has 0 amide bonds. The Balaban J connectivity index is 1.09. The molecule has 0 aliphatic carbocycles. The number of aromatic nitrogens is 2. The first kappa shape index (κ1) is 28.0. The average Bonchev–Trinajstić information content (AvgIpc) is 3.30. The number of alkyl halides is 3. The maximum atomic E-state index is 13.0. The first-order valence-electron chi connectivity index (χ1n) is 13.9. The van der Waals surface area contributed by atoms with Gasteiger partial charge < -0.3 is 24.5 Å². The van der Waals surface area contributed by atoms with Crippen molar-refractivity contribution in [3.63, 3.8) is 0 Å². The lowest BCUT2D eigenvalue weighted by molar-refractivity contribution is -0.137. The third kappa shape index (κ3) is 6.22. The van der Waals surface area contributed by atoms with Crippen LogP contribution in [0.25, 0.3) is 11.0 Å². The van der Waals surface area contributed by atoms with Crippen LogP contribution in [0.2, 0.25) is 0 Å². The van der Waals surface area contributed by atoms with E-state index in [9.17, 15) is 23.1 Å². The number of ether oxygens (including phenoxy) is 2. The quantitative estimate of drug-likeness (QED) is 0.334. The number of allylic oxidation sites excluding steroid dienone is 2. The largest absolute Gasteiger partial charge is 0.478 e. The molecule has 3 aliphatic rings. The van der Waals surface area contributed by atoms with E-state index in [1.54, 1.807) is 30.3 Å². The van der Waals surface area contributed by atoms with Gasteiger partial charge in [-0.15, -0.1) is 0 Å². The number of aromatic carboxylic acids is 1. The van der Waals surface area contributed by atoms with Crippen LogP contribution in [0.5, 0.6) is 0 Å². The smallest absolute Gasteiger partial charge is 0.416 e. The van der Waals surface area contributed by atoms with E-state index >= 15 is 0 Å². The Bertz CT molecular complexity index is 1570. The predicted octanol–water partition coefficient (Wildman–Crippen LogP) is 5.26. The number of nitrogens with one attached hydrogen (secondary N) is 1. The zero-order valence-electron chi connectivity index (χ0n) is 22.8. The summed E-state index contributed by atoms with van der Waals surface area (Å²) in [5, 5.41) is 12.8. The lowest BCUT2D eigenvalue weighted by Crippen LogP contribution is -2.37. The van der Waals surface area contributed by atoms with Gasteiger partial charge in [0.05, 0.1) is 47.4 Å². The van der Waals surface area contributed by atoms with Crippen LogP contribution >= 0.6 is 0 Å². The topological polar surface area (TPSA) is 88.9 Å². The number of dihydropyridines is 1.